The van der Waals surface area contributed by atoms with Crippen molar-refractivity contribution in [2.24, 2.45) is 0 Å². The van der Waals surface area contributed by atoms with Gasteiger partial charge in [0, 0.05) is 13.6 Å². The second-order valence-electron chi connectivity index (χ2n) is 6.49. The van der Waals surface area contributed by atoms with E-state index in [1.54, 1.807) is 0 Å². The van der Waals surface area contributed by atoms with Crippen LogP contribution in [-0.2, 0) is 12.6 Å². The van der Waals surface area contributed by atoms with Crippen LogP contribution in [0.3, 0.4) is 0 Å². The van der Waals surface area contributed by atoms with Gasteiger partial charge in [0.1, 0.15) is 5.82 Å². The first-order valence-electron chi connectivity index (χ1n) is 8.85. The number of halogens is 4. The summed E-state index contributed by atoms with van der Waals surface area (Å²) in [6.07, 6.45) is -3.64. The van der Waals surface area contributed by atoms with Crippen LogP contribution >= 0.6 is 0 Å². The van der Waals surface area contributed by atoms with Crippen LogP contribution in [-0.4, -0.2) is 39.4 Å². The largest absolute Gasteiger partial charge is 0.435 e. The highest BCUT2D eigenvalue weighted by atomic mass is 19.4. The molecule has 0 saturated carbocycles. The summed E-state index contributed by atoms with van der Waals surface area (Å²) < 4.78 is 54.9. The third-order valence-corrected chi connectivity index (χ3v) is 4.34. The summed E-state index contributed by atoms with van der Waals surface area (Å²) in [6.45, 7) is 0.248. The van der Waals surface area contributed by atoms with Gasteiger partial charge >= 0.3 is 6.18 Å². The molecule has 1 amide bonds. The Morgan fingerprint density at radius 3 is 2.48 bits per heavy atom. The Morgan fingerprint density at radius 2 is 1.83 bits per heavy atom. The van der Waals surface area contributed by atoms with Crippen LogP contribution in [0.25, 0.3) is 5.69 Å². The molecule has 3 aromatic rings. The number of aryl methyl sites for hydroxylation is 1. The molecular weight excluding hydrogens is 388 g/mol. The molecule has 9 heteroatoms. The molecule has 0 aliphatic carbocycles. The van der Waals surface area contributed by atoms with E-state index in [0.717, 1.165) is 17.7 Å². The molecule has 0 aliphatic heterocycles. The maximum Gasteiger partial charge on any atom is 0.435 e. The Bertz CT molecular complexity index is 986. The number of benzene rings is 2. The zero-order valence-electron chi connectivity index (χ0n) is 15.5. The second-order valence-corrected chi connectivity index (χ2v) is 6.49. The topological polar surface area (TPSA) is 51.0 Å². The van der Waals surface area contributed by atoms with Gasteiger partial charge < -0.3 is 4.90 Å². The Hall–Kier alpha value is -3.23. The third-order valence-electron chi connectivity index (χ3n) is 4.34. The number of carbonyl (C=O) groups excluding carboxylic acids is 1. The van der Waals surface area contributed by atoms with Crippen LogP contribution in [0.15, 0.2) is 54.6 Å². The molecule has 1 aromatic heterocycles. The van der Waals surface area contributed by atoms with Gasteiger partial charge in [-0.05, 0) is 36.6 Å². The summed E-state index contributed by atoms with van der Waals surface area (Å²) in [5.74, 6) is -1.62. The van der Waals surface area contributed by atoms with E-state index >= 15 is 0 Å². The van der Waals surface area contributed by atoms with Crippen molar-refractivity contribution in [1.82, 2.24) is 19.9 Å². The third kappa shape index (κ3) is 4.79. The summed E-state index contributed by atoms with van der Waals surface area (Å²) in [6, 6.07) is 14.0. The first kappa shape index (κ1) is 20.5. The summed E-state index contributed by atoms with van der Waals surface area (Å²) in [5.41, 5.74) is -1.25. The lowest BCUT2D eigenvalue weighted by molar-refractivity contribution is -0.143. The summed E-state index contributed by atoms with van der Waals surface area (Å²) in [5, 5.41) is 6.91. The monoisotopic (exact) mass is 406 g/mol. The number of hydrogen-bond donors (Lipinski definition) is 0. The van der Waals surface area contributed by atoms with E-state index in [1.165, 1.54) is 24.1 Å². The lowest BCUT2D eigenvalue weighted by Gasteiger charge is -2.17. The maximum absolute atomic E-state index is 13.7. The molecule has 0 radical (unpaired) electrons. The van der Waals surface area contributed by atoms with Gasteiger partial charge in [-0.2, -0.15) is 13.2 Å². The second kappa shape index (κ2) is 8.42. The number of amides is 1. The predicted octanol–water partition coefficient (Wildman–Crippen LogP) is 4.13. The molecule has 0 atom stereocenters. The number of nitrogens with zero attached hydrogens (tertiary/aromatic N) is 4. The van der Waals surface area contributed by atoms with Crippen molar-refractivity contribution < 1.29 is 22.4 Å². The first-order valence-corrected chi connectivity index (χ1v) is 8.85. The summed E-state index contributed by atoms with van der Waals surface area (Å²) in [7, 11) is 1.41. The minimum Gasteiger partial charge on any atom is -0.340 e. The number of alkyl halides is 3. The fourth-order valence-electron chi connectivity index (χ4n) is 2.92. The molecule has 0 aliphatic rings. The minimum absolute atomic E-state index is 0.171. The van der Waals surface area contributed by atoms with Gasteiger partial charge in [-0.1, -0.05) is 41.6 Å². The van der Waals surface area contributed by atoms with Crippen molar-refractivity contribution in [1.29, 1.82) is 0 Å². The lowest BCUT2D eigenvalue weighted by Crippen LogP contribution is -2.30. The molecule has 0 unspecified atom stereocenters. The van der Waals surface area contributed by atoms with E-state index in [1.807, 2.05) is 30.3 Å². The Labute approximate surface area is 164 Å². The van der Waals surface area contributed by atoms with Gasteiger partial charge in [0.05, 0.1) is 5.69 Å². The predicted molar refractivity (Wildman–Crippen MR) is 98.0 cm³/mol. The van der Waals surface area contributed by atoms with Crippen molar-refractivity contribution >= 4 is 5.91 Å². The Morgan fingerprint density at radius 1 is 1.10 bits per heavy atom. The molecular formula is C20H18F4N4O. The zero-order valence-corrected chi connectivity index (χ0v) is 15.5. The summed E-state index contributed by atoms with van der Waals surface area (Å²) in [4.78, 5) is 13.8. The minimum atomic E-state index is -4.90. The van der Waals surface area contributed by atoms with Gasteiger partial charge in [0.15, 0.2) is 11.4 Å². The van der Waals surface area contributed by atoms with Crippen molar-refractivity contribution in [2.75, 3.05) is 13.6 Å². The standard InChI is InChI=1S/C20H18F4N4O/c1-27(12-6-9-14-7-3-2-4-8-14)19(29)17-18(20(22,23)24)28(26-25-17)16-11-5-10-15(21)13-16/h2-5,7-8,10-11,13H,6,9,12H2,1H3. The smallest absolute Gasteiger partial charge is 0.340 e. The number of rotatable bonds is 6. The Kier molecular flexibility index (Phi) is 5.95. The van der Waals surface area contributed by atoms with Gasteiger partial charge in [-0.3, -0.25) is 4.79 Å². The highest BCUT2D eigenvalue weighted by Crippen LogP contribution is 2.33. The van der Waals surface area contributed by atoms with Crippen LogP contribution in [0, 0.1) is 5.82 Å². The first-order chi connectivity index (χ1) is 13.8. The highest BCUT2D eigenvalue weighted by Gasteiger charge is 2.42. The molecule has 0 saturated heterocycles. The van der Waals surface area contributed by atoms with E-state index in [9.17, 15) is 22.4 Å². The van der Waals surface area contributed by atoms with Crippen molar-refractivity contribution in [3.63, 3.8) is 0 Å². The number of carbonyl (C=O) groups is 1. The van der Waals surface area contributed by atoms with Crippen LogP contribution < -0.4 is 0 Å². The Balaban J connectivity index is 1.81. The fourth-order valence-corrected chi connectivity index (χ4v) is 2.92. The molecule has 2 aromatic carbocycles. The molecule has 29 heavy (non-hydrogen) atoms. The summed E-state index contributed by atoms with van der Waals surface area (Å²) >= 11 is 0. The lowest BCUT2D eigenvalue weighted by atomic mass is 10.1. The van der Waals surface area contributed by atoms with Gasteiger partial charge in [0.25, 0.3) is 5.91 Å². The molecule has 0 N–H and O–H groups in total. The van der Waals surface area contributed by atoms with E-state index in [4.69, 9.17) is 0 Å². The molecule has 1 heterocycles. The fraction of sp³-hybridized carbons (Fsp3) is 0.250. The van der Waals surface area contributed by atoms with E-state index in [-0.39, 0.29) is 12.2 Å². The van der Waals surface area contributed by atoms with E-state index < -0.39 is 29.3 Å². The molecule has 3 rings (SSSR count). The van der Waals surface area contributed by atoms with Crippen LogP contribution in [0.1, 0.15) is 28.2 Å². The number of aromatic nitrogens is 3. The molecule has 5 nitrogen and oxygen atoms in total. The highest BCUT2D eigenvalue weighted by molar-refractivity contribution is 5.93. The van der Waals surface area contributed by atoms with Gasteiger partial charge in [-0.25, -0.2) is 9.07 Å². The maximum atomic E-state index is 13.7. The van der Waals surface area contributed by atoms with Crippen molar-refractivity contribution in [2.45, 2.75) is 19.0 Å². The average molecular weight is 406 g/mol. The van der Waals surface area contributed by atoms with E-state index in [0.29, 0.717) is 17.5 Å². The van der Waals surface area contributed by atoms with Crippen LogP contribution in [0.2, 0.25) is 0 Å². The average Bonchev–Trinajstić information content (AvgIpc) is 3.14. The normalized spacial score (nSPS) is 11.5. The van der Waals surface area contributed by atoms with Gasteiger partial charge in [-0.15, -0.1) is 5.10 Å². The number of hydrogen-bond acceptors (Lipinski definition) is 3. The molecule has 0 spiro atoms. The van der Waals surface area contributed by atoms with Crippen LogP contribution in [0.5, 0.6) is 0 Å². The quantitative estimate of drug-likeness (QED) is 0.579. The van der Waals surface area contributed by atoms with Crippen molar-refractivity contribution in [3.05, 3.63) is 77.4 Å². The zero-order chi connectivity index (χ0) is 21.0. The van der Waals surface area contributed by atoms with Crippen molar-refractivity contribution in [3.8, 4) is 5.69 Å². The molecule has 0 bridgehead atoms. The van der Waals surface area contributed by atoms with Crippen LogP contribution in [0.4, 0.5) is 17.6 Å². The molecule has 152 valence electrons. The van der Waals surface area contributed by atoms with Gasteiger partial charge in [0.2, 0.25) is 0 Å². The van der Waals surface area contributed by atoms with E-state index in [2.05, 4.69) is 10.3 Å². The molecule has 0 fully saturated rings. The SMILES string of the molecule is CN(CCCc1ccccc1)C(=O)c1nnn(-c2cccc(F)c2)c1C(F)(F)F.